The van der Waals surface area contributed by atoms with E-state index < -0.39 is 15.7 Å². The summed E-state index contributed by atoms with van der Waals surface area (Å²) in [5, 5.41) is 0. The minimum absolute atomic E-state index is 0.104. The van der Waals surface area contributed by atoms with Crippen molar-refractivity contribution in [2.24, 2.45) is 5.41 Å². The molecule has 2 amide bonds. The summed E-state index contributed by atoms with van der Waals surface area (Å²) in [5.74, 6) is 1.05. The normalized spacial score (nSPS) is 32.9. The number of hydrogen-bond acceptors (Lipinski definition) is 5. The molecule has 2 atom stereocenters. The average molecular weight is 435 g/mol. The fraction of sp³-hybridized carbons (Fsp3) is 0.667. The van der Waals surface area contributed by atoms with Crippen molar-refractivity contribution >= 4 is 16.1 Å². The number of nitrogens with zero attached hydrogens (tertiary/aromatic N) is 3. The van der Waals surface area contributed by atoms with Crippen LogP contribution in [0.25, 0.3) is 0 Å². The first-order valence-electron chi connectivity index (χ1n) is 10.8. The third-order valence-corrected chi connectivity index (χ3v) is 7.86. The number of amides is 2. The van der Waals surface area contributed by atoms with Crippen LogP contribution in [0.2, 0.25) is 0 Å². The highest BCUT2D eigenvalue weighted by molar-refractivity contribution is 7.88. The van der Waals surface area contributed by atoms with Crippen LogP contribution >= 0.6 is 0 Å². The number of rotatable bonds is 4. The second-order valence-corrected chi connectivity index (χ2v) is 11.1. The van der Waals surface area contributed by atoms with Crippen LogP contribution in [-0.4, -0.2) is 67.8 Å². The number of hydrogen-bond donors (Lipinski definition) is 1. The number of carbonyl (C=O) groups excluding carboxylic acids is 1. The van der Waals surface area contributed by atoms with Crippen molar-refractivity contribution in [1.82, 2.24) is 19.4 Å². The van der Waals surface area contributed by atoms with Crippen LogP contribution in [0.15, 0.2) is 35.5 Å². The van der Waals surface area contributed by atoms with Crippen molar-refractivity contribution in [1.29, 1.82) is 0 Å². The molecular weight excluding hydrogens is 404 g/mol. The quantitative estimate of drug-likeness (QED) is 0.734. The van der Waals surface area contributed by atoms with Gasteiger partial charge in [0.1, 0.15) is 5.76 Å². The first kappa shape index (κ1) is 19.9. The van der Waals surface area contributed by atoms with E-state index in [0.29, 0.717) is 6.54 Å². The molecule has 5 rings (SSSR count). The van der Waals surface area contributed by atoms with E-state index in [4.69, 9.17) is 4.74 Å². The maximum atomic E-state index is 13.0. The highest BCUT2D eigenvalue weighted by Crippen LogP contribution is 2.62. The van der Waals surface area contributed by atoms with E-state index in [1.807, 2.05) is 0 Å². The lowest BCUT2D eigenvalue weighted by molar-refractivity contribution is -0.0524. The third-order valence-electron chi connectivity index (χ3n) is 7.13. The van der Waals surface area contributed by atoms with Crippen LogP contribution in [0.4, 0.5) is 4.79 Å². The molecular formula is C21H30N4O4S. The van der Waals surface area contributed by atoms with Gasteiger partial charge in [-0.2, -0.15) is 0 Å². The van der Waals surface area contributed by atoms with Crippen molar-refractivity contribution in [2.45, 2.75) is 50.7 Å². The zero-order valence-corrected chi connectivity index (χ0v) is 18.5. The number of sulfonamides is 1. The van der Waals surface area contributed by atoms with Gasteiger partial charge in [-0.15, -0.1) is 0 Å². The smallest absolute Gasteiger partial charge is 0.323 e. The van der Waals surface area contributed by atoms with Crippen LogP contribution in [0, 0.1) is 5.41 Å². The Morgan fingerprint density at radius 3 is 2.90 bits per heavy atom. The predicted octanol–water partition coefficient (Wildman–Crippen LogP) is 2.30. The van der Waals surface area contributed by atoms with Gasteiger partial charge in [-0.05, 0) is 37.7 Å². The van der Waals surface area contributed by atoms with Crippen molar-refractivity contribution < 1.29 is 17.9 Å². The number of urea groups is 1. The SMILES string of the molecule is CN1CC2(CC34CCCCC3=CN3C=CCCC3=C4O2)N(CCNS(C)(=O)=O)C1=O. The van der Waals surface area contributed by atoms with Crippen LogP contribution in [0.1, 0.15) is 44.9 Å². The molecule has 5 aliphatic rings. The van der Waals surface area contributed by atoms with Gasteiger partial charge in [-0.3, -0.25) is 4.90 Å². The second kappa shape index (κ2) is 6.75. The molecule has 3 fully saturated rings. The Hall–Kier alpha value is -2.00. The molecule has 0 aromatic rings. The van der Waals surface area contributed by atoms with Gasteiger partial charge in [0.05, 0.1) is 23.9 Å². The van der Waals surface area contributed by atoms with Crippen molar-refractivity contribution in [3.63, 3.8) is 0 Å². The number of carbonyl (C=O) groups is 1. The molecule has 1 N–H and O–H groups in total. The van der Waals surface area contributed by atoms with Crippen LogP contribution in [-0.2, 0) is 14.8 Å². The van der Waals surface area contributed by atoms with Gasteiger partial charge in [-0.1, -0.05) is 12.5 Å². The van der Waals surface area contributed by atoms with Gasteiger partial charge in [0.15, 0.2) is 0 Å². The molecule has 8 nitrogen and oxygen atoms in total. The van der Waals surface area contributed by atoms with Gasteiger partial charge in [0.25, 0.3) is 0 Å². The van der Waals surface area contributed by atoms with E-state index in [1.165, 1.54) is 17.7 Å². The first-order chi connectivity index (χ1) is 14.2. The standard InChI is InChI=1S/C21H30N4O4S/c1-23-15-21(25(19(23)26)12-10-22-30(2,27)28)14-20-9-5-3-7-16(20)13-24-11-6-4-8-17(24)18(20)29-21/h6,11,13,22H,3-5,7-10,12,14-15H2,1-2H3. The highest BCUT2D eigenvalue weighted by atomic mass is 32.2. The lowest BCUT2D eigenvalue weighted by Crippen LogP contribution is -2.50. The maximum absolute atomic E-state index is 13.0. The summed E-state index contributed by atoms with van der Waals surface area (Å²) in [7, 11) is -1.52. The fourth-order valence-electron chi connectivity index (χ4n) is 5.93. The summed E-state index contributed by atoms with van der Waals surface area (Å²) in [6.45, 7) is 0.962. The van der Waals surface area contributed by atoms with E-state index in [2.05, 4.69) is 28.1 Å². The summed E-state index contributed by atoms with van der Waals surface area (Å²) in [4.78, 5) is 18.7. The first-order valence-corrected chi connectivity index (χ1v) is 12.7. The molecule has 4 aliphatic heterocycles. The molecule has 2 unspecified atom stereocenters. The molecule has 1 aliphatic carbocycles. The maximum Gasteiger partial charge on any atom is 0.323 e. The van der Waals surface area contributed by atoms with Crippen molar-refractivity contribution in [3.05, 3.63) is 35.5 Å². The molecule has 0 bridgehead atoms. The van der Waals surface area contributed by atoms with E-state index in [0.717, 1.165) is 50.5 Å². The monoisotopic (exact) mass is 434 g/mol. The number of likely N-dealkylation sites (N-methyl/N-ethyl adjacent to an activating group) is 1. The summed E-state index contributed by atoms with van der Waals surface area (Å²) < 4.78 is 32.4. The predicted molar refractivity (Wildman–Crippen MR) is 112 cm³/mol. The Morgan fingerprint density at radius 1 is 1.27 bits per heavy atom. The average Bonchev–Trinajstić information content (AvgIpc) is 3.13. The number of allylic oxidation sites excluding steroid dienone is 3. The van der Waals surface area contributed by atoms with E-state index in [9.17, 15) is 13.2 Å². The summed E-state index contributed by atoms with van der Waals surface area (Å²) in [5.41, 5.74) is 1.74. The van der Waals surface area contributed by atoms with Crippen LogP contribution in [0.3, 0.4) is 0 Å². The highest BCUT2D eigenvalue weighted by Gasteiger charge is 2.64. The molecule has 9 heteroatoms. The Labute approximate surface area is 178 Å². The fourth-order valence-corrected chi connectivity index (χ4v) is 6.40. The summed E-state index contributed by atoms with van der Waals surface area (Å²) in [6.07, 6.45) is 14.9. The third kappa shape index (κ3) is 2.97. The van der Waals surface area contributed by atoms with Gasteiger partial charge in [0, 0.05) is 39.0 Å². The van der Waals surface area contributed by atoms with Crippen molar-refractivity contribution in [3.8, 4) is 0 Å². The summed E-state index contributed by atoms with van der Waals surface area (Å²) >= 11 is 0. The number of fused-ring (bicyclic) bond motifs is 1. The molecule has 164 valence electrons. The number of nitrogens with one attached hydrogen (secondary N) is 1. The molecule has 0 radical (unpaired) electrons. The minimum Gasteiger partial charge on any atom is -0.467 e. The van der Waals surface area contributed by atoms with Gasteiger partial charge in [-0.25, -0.2) is 17.9 Å². The van der Waals surface area contributed by atoms with Crippen molar-refractivity contribution in [2.75, 3.05) is 32.9 Å². The lowest BCUT2D eigenvalue weighted by atomic mass is 9.65. The van der Waals surface area contributed by atoms with E-state index in [-0.39, 0.29) is 24.5 Å². The molecule has 1 saturated carbocycles. The molecule has 2 spiro atoms. The Balaban J connectivity index is 1.53. The Bertz CT molecular complexity index is 971. The van der Waals surface area contributed by atoms with Gasteiger partial charge < -0.3 is 14.5 Å². The van der Waals surface area contributed by atoms with E-state index in [1.54, 1.807) is 16.8 Å². The van der Waals surface area contributed by atoms with Crippen LogP contribution in [0.5, 0.6) is 0 Å². The Kier molecular flexibility index (Phi) is 4.49. The van der Waals surface area contributed by atoms with Gasteiger partial charge in [0.2, 0.25) is 15.7 Å². The lowest BCUT2D eigenvalue weighted by Gasteiger charge is -2.42. The van der Waals surface area contributed by atoms with Crippen LogP contribution < -0.4 is 4.72 Å². The molecule has 30 heavy (non-hydrogen) atoms. The molecule has 4 heterocycles. The zero-order valence-electron chi connectivity index (χ0n) is 17.7. The molecule has 2 saturated heterocycles. The second-order valence-electron chi connectivity index (χ2n) is 9.23. The zero-order chi connectivity index (χ0) is 21.1. The summed E-state index contributed by atoms with van der Waals surface area (Å²) in [6, 6.07) is -0.104. The van der Waals surface area contributed by atoms with Gasteiger partial charge >= 0.3 is 6.03 Å². The molecule has 0 aromatic carbocycles. The topological polar surface area (TPSA) is 82.2 Å². The molecule has 0 aromatic heterocycles. The Morgan fingerprint density at radius 2 is 2.10 bits per heavy atom. The minimum atomic E-state index is -3.31. The number of ether oxygens (including phenoxy) is 1. The largest absolute Gasteiger partial charge is 0.467 e. The van der Waals surface area contributed by atoms with E-state index >= 15 is 0 Å².